The Morgan fingerprint density at radius 2 is 2.00 bits per heavy atom. The Bertz CT molecular complexity index is 556. The lowest BCUT2D eigenvalue weighted by Crippen LogP contribution is -2.40. The fourth-order valence-corrected chi connectivity index (χ4v) is 3.50. The van der Waals surface area contributed by atoms with Crippen molar-refractivity contribution < 1.29 is 13.2 Å². The molecule has 1 unspecified atom stereocenters. The van der Waals surface area contributed by atoms with Gasteiger partial charge >= 0.3 is 0 Å². The second kappa shape index (κ2) is 7.77. The number of rotatable bonds is 8. The van der Waals surface area contributed by atoms with Crippen LogP contribution >= 0.6 is 0 Å². The van der Waals surface area contributed by atoms with E-state index in [-0.39, 0.29) is 17.5 Å². The predicted octanol–water partition coefficient (Wildman–Crippen LogP) is 2.05. The van der Waals surface area contributed by atoms with Crippen LogP contribution in [0.3, 0.4) is 0 Å². The molecule has 0 saturated carbocycles. The number of benzene rings is 1. The third-order valence-corrected chi connectivity index (χ3v) is 4.64. The normalized spacial score (nSPS) is 13.4. The fraction of sp³-hybridized carbons (Fsp3) is 0.600. The van der Waals surface area contributed by atoms with Crippen molar-refractivity contribution in [3.63, 3.8) is 0 Å². The van der Waals surface area contributed by atoms with Gasteiger partial charge in [0.05, 0.1) is 11.5 Å². The lowest BCUT2D eigenvalue weighted by Gasteiger charge is -2.19. The number of aryl methyl sites for hydroxylation is 1. The third kappa shape index (κ3) is 5.30. The Morgan fingerprint density at radius 3 is 2.48 bits per heavy atom. The molecule has 0 saturated heterocycles. The van der Waals surface area contributed by atoms with Crippen LogP contribution in [0.15, 0.2) is 23.1 Å². The lowest BCUT2D eigenvalue weighted by atomic mass is 10.1. The van der Waals surface area contributed by atoms with Gasteiger partial charge in [-0.25, -0.2) is 13.1 Å². The van der Waals surface area contributed by atoms with E-state index < -0.39 is 10.0 Å². The summed E-state index contributed by atoms with van der Waals surface area (Å²) in [6.07, 6.45) is 0.714. The SMILES string of the molecule is CCOc1ccc(S(=O)(=O)NC(CN)CC(C)C)cc1C. The van der Waals surface area contributed by atoms with Crippen LogP contribution in [0.25, 0.3) is 0 Å². The summed E-state index contributed by atoms with van der Waals surface area (Å²) >= 11 is 0. The van der Waals surface area contributed by atoms with Crippen molar-refractivity contribution >= 4 is 10.0 Å². The minimum Gasteiger partial charge on any atom is -0.494 e. The van der Waals surface area contributed by atoms with E-state index in [1.54, 1.807) is 18.2 Å². The molecule has 0 aliphatic heterocycles. The molecule has 0 radical (unpaired) electrons. The van der Waals surface area contributed by atoms with Crippen molar-refractivity contribution in [3.8, 4) is 5.75 Å². The maximum Gasteiger partial charge on any atom is 0.240 e. The quantitative estimate of drug-likeness (QED) is 0.769. The highest BCUT2D eigenvalue weighted by Gasteiger charge is 2.20. The van der Waals surface area contributed by atoms with Gasteiger partial charge in [-0.3, -0.25) is 0 Å². The first kappa shape index (κ1) is 17.9. The average molecular weight is 314 g/mol. The van der Waals surface area contributed by atoms with E-state index in [4.69, 9.17) is 10.5 Å². The average Bonchev–Trinajstić information content (AvgIpc) is 2.39. The molecule has 5 nitrogen and oxygen atoms in total. The summed E-state index contributed by atoms with van der Waals surface area (Å²) in [4.78, 5) is 0.241. The van der Waals surface area contributed by atoms with E-state index >= 15 is 0 Å². The van der Waals surface area contributed by atoms with Gasteiger partial charge < -0.3 is 10.5 Å². The fourth-order valence-electron chi connectivity index (χ4n) is 2.16. The van der Waals surface area contributed by atoms with Crippen molar-refractivity contribution in [1.82, 2.24) is 4.72 Å². The van der Waals surface area contributed by atoms with Crippen LogP contribution in [0.5, 0.6) is 5.75 Å². The molecule has 0 heterocycles. The molecule has 21 heavy (non-hydrogen) atoms. The molecular formula is C15H26N2O3S. The number of nitrogens with two attached hydrogens (primary N) is 1. The molecule has 0 aliphatic carbocycles. The van der Waals surface area contributed by atoms with E-state index in [2.05, 4.69) is 4.72 Å². The Balaban J connectivity index is 2.94. The second-order valence-corrected chi connectivity index (χ2v) is 7.26. The smallest absolute Gasteiger partial charge is 0.240 e. The Kier molecular flexibility index (Phi) is 6.64. The summed E-state index contributed by atoms with van der Waals surface area (Å²) in [6.45, 7) is 8.64. The highest BCUT2D eigenvalue weighted by atomic mass is 32.2. The van der Waals surface area contributed by atoms with Crippen LogP contribution in [0.2, 0.25) is 0 Å². The minimum atomic E-state index is -3.56. The van der Waals surface area contributed by atoms with Crippen LogP contribution in [0.4, 0.5) is 0 Å². The molecule has 120 valence electrons. The van der Waals surface area contributed by atoms with Gasteiger partial charge in [-0.15, -0.1) is 0 Å². The van der Waals surface area contributed by atoms with Crippen LogP contribution in [-0.2, 0) is 10.0 Å². The number of ether oxygens (including phenoxy) is 1. The van der Waals surface area contributed by atoms with Gasteiger partial charge in [-0.2, -0.15) is 0 Å². The molecule has 1 aromatic carbocycles. The number of hydrogen-bond donors (Lipinski definition) is 2. The van der Waals surface area contributed by atoms with Gasteiger partial charge in [0.2, 0.25) is 10.0 Å². The number of nitrogens with one attached hydrogen (secondary N) is 1. The first-order valence-corrected chi connectivity index (χ1v) is 8.74. The maximum absolute atomic E-state index is 12.4. The molecule has 1 rings (SSSR count). The lowest BCUT2D eigenvalue weighted by molar-refractivity contribution is 0.337. The van der Waals surface area contributed by atoms with Crippen LogP contribution in [0.1, 0.15) is 32.8 Å². The van der Waals surface area contributed by atoms with Gasteiger partial charge in [0, 0.05) is 12.6 Å². The molecule has 1 atom stereocenters. The Morgan fingerprint density at radius 1 is 1.33 bits per heavy atom. The maximum atomic E-state index is 12.4. The number of sulfonamides is 1. The van der Waals surface area contributed by atoms with Crippen molar-refractivity contribution in [3.05, 3.63) is 23.8 Å². The zero-order valence-electron chi connectivity index (χ0n) is 13.2. The summed E-state index contributed by atoms with van der Waals surface area (Å²) < 4.78 is 32.9. The zero-order chi connectivity index (χ0) is 16.0. The second-order valence-electron chi connectivity index (χ2n) is 5.54. The monoisotopic (exact) mass is 314 g/mol. The highest BCUT2D eigenvalue weighted by Crippen LogP contribution is 2.22. The van der Waals surface area contributed by atoms with Gasteiger partial charge in [0.1, 0.15) is 5.75 Å². The largest absolute Gasteiger partial charge is 0.494 e. The van der Waals surface area contributed by atoms with Crippen LogP contribution in [0, 0.1) is 12.8 Å². The first-order valence-electron chi connectivity index (χ1n) is 7.26. The summed E-state index contributed by atoms with van der Waals surface area (Å²) in [7, 11) is -3.56. The van der Waals surface area contributed by atoms with E-state index in [0.29, 0.717) is 24.7 Å². The molecule has 0 bridgehead atoms. The minimum absolute atomic E-state index is 0.241. The van der Waals surface area contributed by atoms with Gasteiger partial charge in [-0.05, 0) is 49.9 Å². The molecule has 1 aromatic rings. The van der Waals surface area contributed by atoms with E-state index in [1.807, 2.05) is 27.7 Å². The molecule has 0 aromatic heterocycles. The van der Waals surface area contributed by atoms with E-state index in [0.717, 1.165) is 5.56 Å². The summed E-state index contributed by atoms with van der Waals surface area (Å²) in [5.41, 5.74) is 6.45. The molecule has 6 heteroatoms. The van der Waals surface area contributed by atoms with E-state index in [1.165, 1.54) is 0 Å². The third-order valence-electron chi connectivity index (χ3n) is 3.12. The molecular weight excluding hydrogens is 288 g/mol. The topological polar surface area (TPSA) is 81.4 Å². The molecule has 3 N–H and O–H groups in total. The predicted molar refractivity (Wildman–Crippen MR) is 85.0 cm³/mol. The zero-order valence-corrected chi connectivity index (χ0v) is 14.0. The van der Waals surface area contributed by atoms with Gasteiger partial charge in [0.25, 0.3) is 0 Å². The highest BCUT2D eigenvalue weighted by molar-refractivity contribution is 7.89. The molecule has 0 aliphatic rings. The first-order chi connectivity index (χ1) is 9.80. The van der Waals surface area contributed by atoms with Gasteiger partial charge in [0.15, 0.2) is 0 Å². The van der Waals surface area contributed by atoms with Crippen molar-refractivity contribution in [2.24, 2.45) is 11.7 Å². The summed E-state index contributed by atoms with van der Waals surface area (Å²) in [6, 6.07) is 4.62. The Hall–Kier alpha value is -1.11. The van der Waals surface area contributed by atoms with Gasteiger partial charge in [-0.1, -0.05) is 13.8 Å². The Labute approximate surface area is 127 Å². The van der Waals surface area contributed by atoms with Crippen molar-refractivity contribution in [1.29, 1.82) is 0 Å². The molecule has 0 spiro atoms. The number of hydrogen-bond acceptors (Lipinski definition) is 4. The van der Waals surface area contributed by atoms with Crippen molar-refractivity contribution in [2.45, 2.75) is 45.1 Å². The van der Waals surface area contributed by atoms with Crippen LogP contribution in [-0.4, -0.2) is 27.6 Å². The van der Waals surface area contributed by atoms with Crippen molar-refractivity contribution in [2.75, 3.05) is 13.2 Å². The summed E-state index contributed by atoms with van der Waals surface area (Å²) in [5.74, 6) is 1.08. The van der Waals surface area contributed by atoms with Crippen LogP contribution < -0.4 is 15.2 Å². The standard InChI is InChI=1S/C15H26N2O3S/c1-5-20-15-7-6-14(9-12(15)4)21(18,19)17-13(10-16)8-11(2)3/h6-7,9,11,13,17H,5,8,10,16H2,1-4H3. The molecule has 0 fully saturated rings. The van der Waals surface area contributed by atoms with E-state index in [9.17, 15) is 8.42 Å². The molecule has 0 amide bonds. The summed E-state index contributed by atoms with van der Waals surface area (Å²) in [5, 5.41) is 0.